The lowest BCUT2D eigenvalue weighted by molar-refractivity contribution is 0.182. The highest BCUT2D eigenvalue weighted by atomic mass is 32.2. The van der Waals surface area contributed by atoms with Crippen molar-refractivity contribution in [2.45, 2.75) is 11.0 Å². The van der Waals surface area contributed by atoms with Gasteiger partial charge in [0.1, 0.15) is 11.6 Å². The van der Waals surface area contributed by atoms with Gasteiger partial charge in [-0.3, -0.25) is 4.98 Å². The number of hydrogen-bond acceptors (Lipinski definition) is 6. The van der Waals surface area contributed by atoms with Gasteiger partial charge in [-0.1, -0.05) is 54.6 Å². The first-order valence-corrected chi connectivity index (χ1v) is 11.5. The summed E-state index contributed by atoms with van der Waals surface area (Å²) in [5.74, 6) is -0.356. The zero-order valence-corrected chi connectivity index (χ0v) is 18.2. The molecule has 0 aliphatic heterocycles. The van der Waals surface area contributed by atoms with Crippen molar-refractivity contribution in [3.8, 4) is 22.4 Å². The summed E-state index contributed by atoms with van der Waals surface area (Å²) in [4.78, 5) is 7.97. The third-order valence-electron chi connectivity index (χ3n) is 5.06. The number of nitrogens with two attached hydrogens (primary N) is 1. The summed E-state index contributed by atoms with van der Waals surface area (Å²) in [6.07, 6.45) is 1.69. The average Bonchev–Trinajstić information content (AvgIpc) is 2.84. The van der Waals surface area contributed by atoms with E-state index in [-0.39, 0.29) is 22.8 Å². The van der Waals surface area contributed by atoms with E-state index in [4.69, 9.17) is 5.73 Å². The van der Waals surface area contributed by atoms with Crippen molar-refractivity contribution in [2.24, 2.45) is 0 Å². The van der Waals surface area contributed by atoms with Crippen molar-refractivity contribution in [1.82, 2.24) is 14.7 Å². The Labute approximate surface area is 190 Å². The highest BCUT2D eigenvalue weighted by molar-refractivity contribution is 7.89. The molecule has 4 N–H and O–H groups in total. The molecule has 9 heteroatoms. The first kappa shape index (κ1) is 22.5. The van der Waals surface area contributed by atoms with Crippen molar-refractivity contribution < 1.29 is 17.9 Å². The van der Waals surface area contributed by atoms with Gasteiger partial charge in [-0.15, -0.1) is 0 Å². The van der Waals surface area contributed by atoms with E-state index in [1.54, 1.807) is 54.6 Å². The van der Waals surface area contributed by atoms with Crippen LogP contribution in [0.5, 0.6) is 0 Å². The Morgan fingerprint density at radius 3 is 2.36 bits per heavy atom. The molecule has 0 fully saturated rings. The molecule has 1 aromatic heterocycles. The smallest absolute Gasteiger partial charge is 0.241 e. The number of aliphatic hydroxyl groups excluding tert-OH is 1. The van der Waals surface area contributed by atoms with Crippen LogP contribution in [0.15, 0.2) is 90.1 Å². The number of halogens is 1. The number of nitrogens with one attached hydrogen (secondary N) is 1. The third-order valence-corrected chi connectivity index (χ3v) is 6.54. The Bertz CT molecular complexity index is 1360. The minimum atomic E-state index is -3.99. The first-order valence-electron chi connectivity index (χ1n) is 10.0. The fourth-order valence-electron chi connectivity index (χ4n) is 3.37. The summed E-state index contributed by atoms with van der Waals surface area (Å²) in [7, 11) is -3.99. The summed E-state index contributed by atoms with van der Waals surface area (Å²) < 4.78 is 43.4. The van der Waals surface area contributed by atoms with Crippen LogP contribution in [0, 0.1) is 5.82 Å². The van der Waals surface area contributed by atoms with E-state index in [0.29, 0.717) is 22.4 Å². The topological polar surface area (TPSA) is 118 Å². The monoisotopic (exact) mass is 464 g/mol. The van der Waals surface area contributed by atoms with Gasteiger partial charge in [-0.25, -0.2) is 22.5 Å². The van der Waals surface area contributed by atoms with Crippen molar-refractivity contribution in [3.05, 3.63) is 96.6 Å². The number of aromatic nitrogens is 2. The van der Waals surface area contributed by atoms with Crippen LogP contribution in [0.1, 0.15) is 11.7 Å². The molecule has 0 spiro atoms. The van der Waals surface area contributed by atoms with Crippen molar-refractivity contribution in [2.75, 3.05) is 12.3 Å². The van der Waals surface area contributed by atoms with E-state index in [9.17, 15) is 17.9 Å². The van der Waals surface area contributed by atoms with Crippen LogP contribution < -0.4 is 10.5 Å². The van der Waals surface area contributed by atoms with Crippen LogP contribution in [0.25, 0.3) is 22.4 Å². The maximum atomic E-state index is 14.9. The number of anilines is 1. The minimum absolute atomic E-state index is 0.0234. The Hall–Kier alpha value is -3.66. The van der Waals surface area contributed by atoms with Gasteiger partial charge in [0.2, 0.25) is 10.0 Å². The average molecular weight is 465 g/mol. The van der Waals surface area contributed by atoms with Crippen LogP contribution in [0.4, 0.5) is 10.2 Å². The quantitative estimate of drug-likeness (QED) is 0.385. The van der Waals surface area contributed by atoms with E-state index in [1.807, 2.05) is 0 Å². The van der Waals surface area contributed by atoms with E-state index in [2.05, 4.69) is 14.7 Å². The molecule has 0 saturated carbocycles. The Kier molecular flexibility index (Phi) is 6.45. The molecule has 0 unspecified atom stereocenters. The third kappa shape index (κ3) is 5.06. The highest BCUT2D eigenvalue weighted by Gasteiger charge is 2.21. The number of hydrogen-bond donors (Lipinski definition) is 3. The molecule has 0 bridgehead atoms. The molecule has 3 aromatic carbocycles. The number of nitrogen functional groups attached to an aromatic ring is 1. The Morgan fingerprint density at radius 2 is 1.67 bits per heavy atom. The number of aliphatic hydroxyl groups is 1. The van der Waals surface area contributed by atoms with E-state index in [1.165, 1.54) is 30.6 Å². The van der Waals surface area contributed by atoms with Crippen LogP contribution in [0.3, 0.4) is 0 Å². The van der Waals surface area contributed by atoms with Gasteiger partial charge in [0.15, 0.2) is 0 Å². The van der Waals surface area contributed by atoms with Crippen molar-refractivity contribution >= 4 is 15.8 Å². The van der Waals surface area contributed by atoms with E-state index < -0.39 is 21.9 Å². The maximum Gasteiger partial charge on any atom is 0.241 e. The fraction of sp³-hybridized carbons (Fsp3) is 0.0833. The zero-order chi connectivity index (χ0) is 23.4. The van der Waals surface area contributed by atoms with Gasteiger partial charge in [-0.05, 0) is 29.3 Å². The second-order valence-electron chi connectivity index (χ2n) is 7.30. The second-order valence-corrected chi connectivity index (χ2v) is 9.03. The lowest BCUT2D eigenvalue weighted by atomic mass is 10.0. The fourth-order valence-corrected chi connectivity index (χ4v) is 4.63. The number of benzene rings is 3. The standard InChI is InChI=1S/C24H21FN4O3S/c25-20-12-17(10-11-19(20)21-13-28-24(26)15-27-21)18-8-4-5-9-23(18)33(31,32)29-14-22(30)16-6-2-1-3-7-16/h1-13,15,22,29-30H,14H2,(H2,26,28)/t22-/m0/s1. The molecule has 4 rings (SSSR count). The second kappa shape index (κ2) is 9.45. The summed E-state index contributed by atoms with van der Waals surface area (Å²) in [6, 6.07) is 19.4. The first-order chi connectivity index (χ1) is 15.8. The number of nitrogens with zero attached hydrogens (tertiary/aromatic N) is 2. The number of rotatable bonds is 7. The molecule has 168 valence electrons. The Morgan fingerprint density at radius 1 is 0.939 bits per heavy atom. The van der Waals surface area contributed by atoms with E-state index in [0.717, 1.165) is 0 Å². The predicted octanol–water partition coefficient (Wildman–Crippen LogP) is 3.54. The minimum Gasteiger partial charge on any atom is -0.387 e. The van der Waals surface area contributed by atoms with Crippen LogP contribution in [-0.4, -0.2) is 30.0 Å². The SMILES string of the molecule is Nc1cnc(-c2ccc(-c3ccccc3S(=O)(=O)NC[C@H](O)c3ccccc3)cc2F)cn1. The summed E-state index contributed by atoms with van der Waals surface area (Å²) in [6.45, 7) is -0.205. The van der Waals surface area contributed by atoms with Crippen LogP contribution >= 0.6 is 0 Å². The molecule has 1 atom stereocenters. The Balaban J connectivity index is 1.62. The zero-order valence-electron chi connectivity index (χ0n) is 17.4. The largest absolute Gasteiger partial charge is 0.387 e. The maximum absolute atomic E-state index is 14.9. The number of sulfonamides is 1. The van der Waals surface area contributed by atoms with Crippen LogP contribution in [0.2, 0.25) is 0 Å². The highest BCUT2D eigenvalue weighted by Crippen LogP contribution is 2.31. The van der Waals surface area contributed by atoms with Crippen molar-refractivity contribution in [1.29, 1.82) is 0 Å². The summed E-state index contributed by atoms with van der Waals surface area (Å²) in [5, 5.41) is 10.3. The van der Waals surface area contributed by atoms with Gasteiger partial charge in [0.25, 0.3) is 0 Å². The predicted molar refractivity (Wildman–Crippen MR) is 124 cm³/mol. The molecule has 33 heavy (non-hydrogen) atoms. The summed E-state index contributed by atoms with van der Waals surface area (Å²) in [5.41, 5.74) is 7.36. The molecule has 0 saturated heterocycles. The lowest BCUT2D eigenvalue weighted by Gasteiger charge is -2.15. The molecule has 1 heterocycles. The van der Waals surface area contributed by atoms with Gasteiger partial charge >= 0.3 is 0 Å². The summed E-state index contributed by atoms with van der Waals surface area (Å²) >= 11 is 0. The lowest BCUT2D eigenvalue weighted by Crippen LogP contribution is -2.29. The molecule has 0 radical (unpaired) electrons. The molecule has 0 amide bonds. The van der Waals surface area contributed by atoms with E-state index >= 15 is 0 Å². The van der Waals surface area contributed by atoms with Crippen molar-refractivity contribution in [3.63, 3.8) is 0 Å². The molecular formula is C24H21FN4O3S. The van der Waals surface area contributed by atoms with Gasteiger partial charge in [0.05, 0.1) is 29.1 Å². The molecule has 7 nitrogen and oxygen atoms in total. The van der Waals surface area contributed by atoms with Gasteiger partial charge in [0, 0.05) is 17.7 Å². The molecule has 0 aliphatic rings. The van der Waals surface area contributed by atoms with Gasteiger partial charge < -0.3 is 10.8 Å². The van der Waals surface area contributed by atoms with Crippen LogP contribution in [-0.2, 0) is 10.0 Å². The molecule has 0 aliphatic carbocycles. The molecule has 4 aromatic rings. The molecular weight excluding hydrogens is 443 g/mol. The normalized spacial score (nSPS) is 12.4. The van der Waals surface area contributed by atoms with Gasteiger partial charge in [-0.2, -0.15) is 0 Å².